The predicted octanol–water partition coefficient (Wildman–Crippen LogP) is 4.15. The van der Waals surface area contributed by atoms with Gasteiger partial charge in [-0.2, -0.15) is 5.10 Å². The van der Waals surface area contributed by atoms with E-state index < -0.39 is 0 Å². The number of thiocarbonyl (C=S) groups is 1. The molecule has 0 aliphatic heterocycles. The van der Waals surface area contributed by atoms with E-state index in [2.05, 4.69) is 33.3 Å². The molecule has 0 radical (unpaired) electrons. The van der Waals surface area contributed by atoms with E-state index >= 15 is 0 Å². The molecular formula is C14H16BrClN4S. The van der Waals surface area contributed by atoms with Crippen LogP contribution in [-0.4, -0.2) is 26.8 Å². The Labute approximate surface area is 143 Å². The lowest BCUT2D eigenvalue weighted by Crippen LogP contribution is -2.31. The molecule has 0 bridgehead atoms. The Balaban J connectivity index is 2.04. The van der Waals surface area contributed by atoms with E-state index in [-0.39, 0.29) is 0 Å². The maximum absolute atomic E-state index is 5.97. The SMILES string of the molecule is CCn1ncc(Br)c1CN(C)C(=S)Nc1cccc(Cl)c1. The Morgan fingerprint density at radius 3 is 2.95 bits per heavy atom. The molecule has 0 atom stereocenters. The summed E-state index contributed by atoms with van der Waals surface area (Å²) in [6, 6.07) is 7.48. The second-order valence-corrected chi connectivity index (χ2v) is 6.23. The number of benzene rings is 1. The zero-order valence-corrected chi connectivity index (χ0v) is 15.0. The molecule has 0 saturated carbocycles. The molecule has 0 aliphatic carbocycles. The van der Waals surface area contributed by atoms with E-state index in [1.165, 1.54) is 0 Å². The van der Waals surface area contributed by atoms with Gasteiger partial charge in [0.15, 0.2) is 5.11 Å². The molecule has 2 rings (SSSR count). The van der Waals surface area contributed by atoms with Crippen molar-refractivity contribution in [1.29, 1.82) is 0 Å². The van der Waals surface area contributed by atoms with E-state index in [0.29, 0.717) is 16.7 Å². The summed E-state index contributed by atoms with van der Waals surface area (Å²) in [5.74, 6) is 0. The molecule has 1 heterocycles. The van der Waals surface area contributed by atoms with Crippen LogP contribution < -0.4 is 5.32 Å². The predicted molar refractivity (Wildman–Crippen MR) is 94.7 cm³/mol. The molecule has 0 fully saturated rings. The highest BCUT2D eigenvalue weighted by Gasteiger charge is 2.12. The normalized spacial score (nSPS) is 10.5. The minimum absolute atomic E-state index is 0.632. The summed E-state index contributed by atoms with van der Waals surface area (Å²) in [5, 5.41) is 8.79. The zero-order valence-electron chi connectivity index (χ0n) is 11.8. The molecular weight excluding hydrogens is 372 g/mol. The Hall–Kier alpha value is -1.11. The molecule has 0 amide bonds. The molecule has 21 heavy (non-hydrogen) atoms. The molecule has 0 saturated heterocycles. The molecule has 1 aromatic heterocycles. The average molecular weight is 388 g/mol. The first-order chi connectivity index (χ1) is 10.0. The van der Waals surface area contributed by atoms with Gasteiger partial charge >= 0.3 is 0 Å². The molecule has 2 aromatic rings. The Morgan fingerprint density at radius 2 is 2.29 bits per heavy atom. The van der Waals surface area contributed by atoms with E-state index in [0.717, 1.165) is 22.4 Å². The first kappa shape index (κ1) is 16.3. The third-order valence-electron chi connectivity index (χ3n) is 3.01. The summed E-state index contributed by atoms with van der Waals surface area (Å²) in [7, 11) is 1.94. The highest BCUT2D eigenvalue weighted by molar-refractivity contribution is 9.10. The van der Waals surface area contributed by atoms with Crippen LogP contribution in [0.3, 0.4) is 0 Å². The number of aromatic nitrogens is 2. The summed E-state index contributed by atoms with van der Waals surface area (Å²) in [6.07, 6.45) is 1.81. The van der Waals surface area contributed by atoms with Gasteiger partial charge in [0.1, 0.15) is 0 Å². The standard InChI is InChI=1S/C14H16BrClN4S/c1-3-20-13(12(15)8-17-20)9-19(2)14(21)18-11-6-4-5-10(16)7-11/h4-8H,3,9H2,1-2H3,(H,18,21). The number of hydrogen-bond donors (Lipinski definition) is 1. The van der Waals surface area contributed by atoms with E-state index in [1.807, 2.05) is 40.9 Å². The summed E-state index contributed by atoms with van der Waals surface area (Å²) in [6.45, 7) is 3.55. The number of hydrogen-bond acceptors (Lipinski definition) is 2. The fourth-order valence-electron chi connectivity index (χ4n) is 1.90. The van der Waals surface area contributed by atoms with Gasteiger partial charge in [-0.05, 0) is 53.3 Å². The van der Waals surface area contributed by atoms with Crippen molar-refractivity contribution in [3.05, 3.63) is 45.7 Å². The van der Waals surface area contributed by atoms with Crippen LogP contribution in [0.2, 0.25) is 5.02 Å². The minimum Gasteiger partial charge on any atom is -0.346 e. The lowest BCUT2D eigenvalue weighted by atomic mass is 10.3. The van der Waals surface area contributed by atoms with Crippen LogP contribution in [0.15, 0.2) is 34.9 Å². The molecule has 112 valence electrons. The molecule has 7 heteroatoms. The van der Waals surface area contributed by atoms with Gasteiger partial charge < -0.3 is 10.2 Å². The van der Waals surface area contributed by atoms with Crippen LogP contribution in [0.4, 0.5) is 5.69 Å². The quantitative estimate of drug-likeness (QED) is 0.799. The van der Waals surface area contributed by atoms with Gasteiger partial charge in [0.25, 0.3) is 0 Å². The molecule has 1 aromatic carbocycles. The van der Waals surface area contributed by atoms with Crippen LogP contribution in [0, 0.1) is 0 Å². The summed E-state index contributed by atoms with van der Waals surface area (Å²) in [5.41, 5.74) is 1.97. The fourth-order valence-corrected chi connectivity index (χ4v) is 2.69. The van der Waals surface area contributed by atoms with Crippen molar-refractivity contribution in [3.63, 3.8) is 0 Å². The van der Waals surface area contributed by atoms with Crippen molar-refractivity contribution in [2.24, 2.45) is 0 Å². The lowest BCUT2D eigenvalue weighted by Gasteiger charge is -2.21. The average Bonchev–Trinajstić information content (AvgIpc) is 2.79. The fraction of sp³-hybridized carbons (Fsp3) is 0.286. The van der Waals surface area contributed by atoms with Crippen molar-refractivity contribution in [2.75, 3.05) is 12.4 Å². The first-order valence-electron chi connectivity index (χ1n) is 6.49. The summed E-state index contributed by atoms with van der Waals surface area (Å²) in [4.78, 5) is 1.96. The maximum atomic E-state index is 5.97. The summed E-state index contributed by atoms with van der Waals surface area (Å²) >= 11 is 14.9. The second kappa shape index (κ2) is 7.24. The third-order valence-corrected chi connectivity index (χ3v) is 4.32. The van der Waals surface area contributed by atoms with Crippen LogP contribution in [0.25, 0.3) is 0 Å². The number of anilines is 1. The zero-order chi connectivity index (χ0) is 15.4. The van der Waals surface area contributed by atoms with Crippen LogP contribution in [0.1, 0.15) is 12.6 Å². The smallest absolute Gasteiger partial charge is 0.173 e. The molecule has 4 nitrogen and oxygen atoms in total. The number of nitrogens with one attached hydrogen (secondary N) is 1. The number of nitrogens with zero attached hydrogens (tertiary/aromatic N) is 3. The van der Waals surface area contributed by atoms with Crippen LogP contribution >= 0.6 is 39.7 Å². The van der Waals surface area contributed by atoms with Gasteiger partial charge in [-0.1, -0.05) is 17.7 Å². The minimum atomic E-state index is 0.632. The van der Waals surface area contributed by atoms with Crippen molar-refractivity contribution in [2.45, 2.75) is 20.0 Å². The van der Waals surface area contributed by atoms with Crippen molar-refractivity contribution in [3.8, 4) is 0 Å². The van der Waals surface area contributed by atoms with E-state index in [4.69, 9.17) is 23.8 Å². The lowest BCUT2D eigenvalue weighted by molar-refractivity contribution is 0.470. The number of aryl methyl sites for hydroxylation is 1. The van der Waals surface area contributed by atoms with E-state index in [1.54, 1.807) is 6.20 Å². The van der Waals surface area contributed by atoms with Gasteiger partial charge in [0.2, 0.25) is 0 Å². The Bertz CT molecular complexity index is 644. The third kappa shape index (κ3) is 4.18. The van der Waals surface area contributed by atoms with Gasteiger partial charge in [-0.3, -0.25) is 4.68 Å². The molecule has 0 unspecified atom stereocenters. The highest BCUT2D eigenvalue weighted by Crippen LogP contribution is 2.19. The highest BCUT2D eigenvalue weighted by atomic mass is 79.9. The molecule has 1 N–H and O–H groups in total. The molecule has 0 spiro atoms. The van der Waals surface area contributed by atoms with Gasteiger partial charge in [0.05, 0.1) is 22.9 Å². The van der Waals surface area contributed by atoms with Gasteiger partial charge in [-0.15, -0.1) is 0 Å². The second-order valence-electron chi connectivity index (χ2n) is 4.55. The molecule has 0 aliphatic rings. The van der Waals surface area contributed by atoms with Crippen LogP contribution in [0.5, 0.6) is 0 Å². The van der Waals surface area contributed by atoms with Gasteiger partial charge in [0, 0.05) is 24.3 Å². The Morgan fingerprint density at radius 1 is 1.52 bits per heavy atom. The first-order valence-corrected chi connectivity index (χ1v) is 8.07. The summed E-state index contributed by atoms with van der Waals surface area (Å²) < 4.78 is 2.93. The Kier molecular flexibility index (Phi) is 5.61. The van der Waals surface area contributed by atoms with Crippen molar-refractivity contribution < 1.29 is 0 Å². The van der Waals surface area contributed by atoms with Gasteiger partial charge in [-0.25, -0.2) is 0 Å². The number of rotatable bonds is 4. The van der Waals surface area contributed by atoms with Crippen LogP contribution in [-0.2, 0) is 13.1 Å². The monoisotopic (exact) mass is 386 g/mol. The van der Waals surface area contributed by atoms with Crippen molar-refractivity contribution >= 4 is 50.5 Å². The maximum Gasteiger partial charge on any atom is 0.173 e. The number of halogens is 2. The van der Waals surface area contributed by atoms with E-state index in [9.17, 15) is 0 Å². The topological polar surface area (TPSA) is 33.1 Å². The van der Waals surface area contributed by atoms with Crippen molar-refractivity contribution in [1.82, 2.24) is 14.7 Å². The largest absolute Gasteiger partial charge is 0.346 e.